The van der Waals surface area contributed by atoms with Crippen molar-refractivity contribution in [2.45, 2.75) is 11.3 Å². The molecule has 8 heteroatoms. The highest BCUT2D eigenvalue weighted by Crippen LogP contribution is 2.29. The van der Waals surface area contributed by atoms with E-state index >= 15 is 0 Å². The molecule has 0 saturated heterocycles. The predicted molar refractivity (Wildman–Crippen MR) is 104 cm³/mol. The lowest BCUT2D eigenvalue weighted by molar-refractivity contribution is 0.213. The standard InChI is InChI=1S/C19H22N2O5S/c1-5-6-14-7-12-17(18(13-14)25-4)26-19(22)20-15-8-10-16(11-9-15)27(23,24)21(2)3/h5,7-13H,1,6H2,2-4H3,(H,20,22). The van der Waals surface area contributed by atoms with Crippen LogP contribution in [0.5, 0.6) is 11.5 Å². The number of nitrogens with zero attached hydrogens (tertiary/aromatic N) is 1. The molecule has 0 aliphatic carbocycles. The van der Waals surface area contributed by atoms with Gasteiger partial charge in [0.1, 0.15) is 0 Å². The zero-order valence-electron chi connectivity index (χ0n) is 15.4. The van der Waals surface area contributed by atoms with E-state index in [0.717, 1.165) is 9.87 Å². The van der Waals surface area contributed by atoms with E-state index in [-0.39, 0.29) is 10.6 Å². The fourth-order valence-electron chi connectivity index (χ4n) is 2.25. The minimum absolute atomic E-state index is 0.130. The third kappa shape index (κ3) is 5.08. The molecule has 2 aromatic carbocycles. The van der Waals surface area contributed by atoms with Crippen molar-refractivity contribution in [1.29, 1.82) is 0 Å². The Bertz CT molecular complexity index is 922. The zero-order chi connectivity index (χ0) is 20.0. The van der Waals surface area contributed by atoms with E-state index in [4.69, 9.17) is 9.47 Å². The van der Waals surface area contributed by atoms with Crippen molar-refractivity contribution in [3.63, 3.8) is 0 Å². The Morgan fingerprint density at radius 2 is 1.81 bits per heavy atom. The van der Waals surface area contributed by atoms with Crippen molar-refractivity contribution in [1.82, 2.24) is 4.31 Å². The molecule has 0 unspecified atom stereocenters. The van der Waals surface area contributed by atoms with E-state index < -0.39 is 16.1 Å². The monoisotopic (exact) mass is 390 g/mol. The molecule has 0 spiro atoms. The molecular weight excluding hydrogens is 368 g/mol. The van der Waals surface area contributed by atoms with Gasteiger partial charge in [0.05, 0.1) is 12.0 Å². The van der Waals surface area contributed by atoms with Crippen LogP contribution in [0.25, 0.3) is 0 Å². The van der Waals surface area contributed by atoms with Crippen LogP contribution in [0.15, 0.2) is 60.0 Å². The Morgan fingerprint density at radius 3 is 2.37 bits per heavy atom. The zero-order valence-corrected chi connectivity index (χ0v) is 16.2. The number of anilines is 1. The van der Waals surface area contributed by atoms with Gasteiger partial charge in [-0.25, -0.2) is 17.5 Å². The minimum atomic E-state index is -3.52. The van der Waals surface area contributed by atoms with E-state index in [1.165, 1.54) is 45.5 Å². The predicted octanol–water partition coefficient (Wildman–Crippen LogP) is 3.28. The fourth-order valence-corrected chi connectivity index (χ4v) is 3.16. The summed E-state index contributed by atoms with van der Waals surface area (Å²) < 4.78 is 35.7. The van der Waals surface area contributed by atoms with Crippen LogP contribution in [-0.4, -0.2) is 40.0 Å². The van der Waals surface area contributed by atoms with Crippen LogP contribution >= 0.6 is 0 Å². The molecule has 0 aliphatic heterocycles. The summed E-state index contributed by atoms with van der Waals surface area (Å²) in [6, 6.07) is 11.0. The number of carbonyl (C=O) groups is 1. The topological polar surface area (TPSA) is 84.9 Å². The highest BCUT2D eigenvalue weighted by atomic mass is 32.2. The molecular formula is C19H22N2O5S. The quantitative estimate of drug-likeness (QED) is 0.734. The lowest BCUT2D eigenvalue weighted by Crippen LogP contribution is -2.22. The third-order valence-electron chi connectivity index (χ3n) is 3.69. The van der Waals surface area contributed by atoms with Crippen molar-refractivity contribution in [3.8, 4) is 11.5 Å². The first kappa shape index (κ1) is 20.5. The number of allylic oxidation sites excluding steroid dienone is 1. The first-order valence-corrected chi connectivity index (χ1v) is 9.51. The van der Waals surface area contributed by atoms with Crippen molar-refractivity contribution in [2.24, 2.45) is 0 Å². The van der Waals surface area contributed by atoms with E-state index in [0.29, 0.717) is 17.9 Å². The molecule has 0 radical (unpaired) electrons. The molecule has 0 atom stereocenters. The summed E-state index contributed by atoms with van der Waals surface area (Å²) in [7, 11) is 0.867. The normalized spacial score (nSPS) is 11.1. The average Bonchev–Trinajstić information content (AvgIpc) is 2.63. The van der Waals surface area contributed by atoms with Gasteiger partial charge in [-0.15, -0.1) is 6.58 Å². The minimum Gasteiger partial charge on any atom is -0.493 e. The summed E-state index contributed by atoms with van der Waals surface area (Å²) >= 11 is 0. The molecule has 0 bridgehead atoms. The maximum Gasteiger partial charge on any atom is 0.417 e. The summed E-state index contributed by atoms with van der Waals surface area (Å²) in [5.74, 6) is 0.701. The molecule has 0 fully saturated rings. The van der Waals surface area contributed by atoms with Gasteiger partial charge in [-0.3, -0.25) is 5.32 Å². The SMILES string of the molecule is C=CCc1ccc(OC(=O)Nc2ccc(S(=O)(=O)N(C)C)cc2)c(OC)c1. The van der Waals surface area contributed by atoms with Crippen LogP contribution in [0.3, 0.4) is 0 Å². The lowest BCUT2D eigenvalue weighted by Gasteiger charge is -2.13. The van der Waals surface area contributed by atoms with Crippen molar-refractivity contribution in [2.75, 3.05) is 26.5 Å². The summed E-state index contributed by atoms with van der Waals surface area (Å²) in [6.07, 6.45) is 1.72. The smallest absolute Gasteiger partial charge is 0.417 e. The van der Waals surface area contributed by atoms with E-state index in [1.807, 2.05) is 6.07 Å². The first-order valence-electron chi connectivity index (χ1n) is 8.07. The lowest BCUT2D eigenvalue weighted by atomic mass is 10.1. The van der Waals surface area contributed by atoms with Gasteiger partial charge in [-0.2, -0.15) is 0 Å². The Labute approximate surface area is 159 Å². The van der Waals surface area contributed by atoms with E-state index in [2.05, 4.69) is 11.9 Å². The number of rotatable bonds is 7. The van der Waals surface area contributed by atoms with Gasteiger partial charge < -0.3 is 9.47 Å². The van der Waals surface area contributed by atoms with E-state index in [9.17, 15) is 13.2 Å². The van der Waals surface area contributed by atoms with Gasteiger partial charge in [-0.05, 0) is 48.4 Å². The van der Waals surface area contributed by atoms with Crippen LogP contribution in [-0.2, 0) is 16.4 Å². The average molecular weight is 390 g/mol. The molecule has 2 rings (SSSR count). The largest absolute Gasteiger partial charge is 0.493 e. The van der Waals surface area contributed by atoms with Crippen molar-refractivity contribution >= 4 is 21.8 Å². The Morgan fingerprint density at radius 1 is 1.15 bits per heavy atom. The second-order valence-corrected chi connectivity index (χ2v) is 7.96. The highest BCUT2D eigenvalue weighted by molar-refractivity contribution is 7.89. The maximum absolute atomic E-state index is 12.1. The van der Waals surface area contributed by atoms with Crippen molar-refractivity contribution in [3.05, 3.63) is 60.7 Å². The Kier molecular flexibility index (Phi) is 6.59. The molecule has 0 saturated carbocycles. The summed E-state index contributed by atoms with van der Waals surface area (Å²) in [5, 5.41) is 2.55. The van der Waals surface area contributed by atoms with Crippen molar-refractivity contribution < 1.29 is 22.7 Å². The van der Waals surface area contributed by atoms with Crippen LogP contribution in [0.4, 0.5) is 10.5 Å². The van der Waals surface area contributed by atoms with Crippen LogP contribution in [0.2, 0.25) is 0 Å². The summed E-state index contributed by atoms with van der Waals surface area (Å²) in [5.41, 5.74) is 1.38. The van der Waals surface area contributed by atoms with Gasteiger partial charge in [0.15, 0.2) is 11.5 Å². The van der Waals surface area contributed by atoms with Gasteiger partial charge in [0.25, 0.3) is 0 Å². The van der Waals surface area contributed by atoms with Crippen LogP contribution in [0, 0.1) is 0 Å². The molecule has 144 valence electrons. The Balaban J connectivity index is 2.09. The molecule has 7 nitrogen and oxygen atoms in total. The number of methoxy groups -OCH3 is 1. The highest BCUT2D eigenvalue weighted by Gasteiger charge is 2.17. The maximum atomic E-state index is 12.1. The summed E-state index contributed by atoms with van der Waals surface area (Å²) in [4.78, 5) is 12.2. The van der Waals surface area contributed by atoms with Gasteiger partial charge in [0, 0.05) is 19.8 Å². The van der Waals surface area contributed by atoms with Gasteiger partial charge in [-0.1, -0.05) is 12.1 Å². The molecule has 1 N–H and O–H groups in total. The molecule has 0 heterocycles. The molecule has 2 aromatic rings. The molecule has 0 aromatic heterocycles. The molecule has 1 amide bonds. The number of hydrogen-bond donors (Lipinski definition) is 1. The number of benzene rings is 2. The number of sulfonamides is 1. The van der Waals surface area contributed by atoms with E-state index in [1.54, 1.807) is 18.2 Å². The summed E-state index contributed by atoms with van der Waals surface area (Å²) in [6.45, 7) is 3.68. The third-order valence-corrected chi connectivity index (χ3v) is 5.52. The number of ether oxygens (including phenoxy) is 2. The number of nitrogens with one attached hydrogen (secondary N) is 1. The molecule has 27 heavy (non-hydrogen) atoms. The molecule has 0 aliphatic rings. The second kappa shape index (κ2) is 8.70. The van der Waals surface area contributed by atoms with Gasteiger partial charge in [0.2, 0.25) is 10.0 Å². The first-order chi connectivity index (χ1) is 12.8. The number of hydrogen-bond acceptors (Lipinski definition) is 5. The fraction of sp³-hybridized carbons (Fsp3) is 0.211. The Hall–Kier alpha value is -2.84. The number of carbonyl (C=O) groups excluding carboxylic acids is 1. The second-order valence-electron chi connectivity index (χ2n) is 5.80. The van der Waals surface area contributed by atoms with Crippen LogP contribution in [0.1, 0.15) is 5.56 Å². The number of amides is 1. The van der Waals surface area contributed by atoms with Gasteiger partial charge >= 0.3 is 6.09 Å². The van der Waals surface area contributed by atoms with Crippen LogP contribution < -0.4 is 14.8 Å².